The number of aryl methyl sites for hydroxylation is 1. The molecule has 9 nitrogen and oxygen atoms in total. The molecule has 1 spiro atoms. The molecule has 1 amide bonds. The van der Waals surface area contributed by atoms with Crippen LogP contribution in [0.15, 0.2) is 55.0 Å². The van der Waals surface area contributed by atoms with E-state index in [-0.39, 0.29) is 31.3 Å². The van der Waals surface area contributed by atoms with Crippen LogP contribution in [0.25, 0.3) is 10.9 Å². The van der Waals surface area contributed by atoms with E-state index in [1.807, 2.05) is 59.1 Å². The van der Waals surface area contributed by atoms with Gasteiger partial charge >= 0.3 is 5.97 Å². The molecule has 2 fully saturated rings. The number of aliphatic hydroxyl groups excluding tert-OH is 2. The second-order valence-electron chi connectivity index (χ2n) is 11.7. The molecule has 0 radical (unpaired) electrons. The van der Waals surface area contributed by atoms with Crippen molar-refractivity contribution in [1.82, 2.24) is 19.4 Å². The molecule has 3 aromatic rings. The summed E-state index contributed by atoms with van der Waals surface area (Å²) in [7, 11) is 1.98. The van der Waals surface area contributed by atoms with E-state index in [9.17, 15) is 19.8 Å². The van der Waals surface area contributed by atoms with Gasteiger partial charge in [-0.1, -0.05) is 24.6 Å². The number of fused-ring (bicyclic) bond motifs is 1. The lowest BCUT2D eigenvalue weighted by Gasteiger charge is -2.40. The summed E-state index contributed by atoms with van der Waals surface area (Å²) in [5.41, 5.74) is 2.64. The van der Waals surface area contributed by atoms with Crippen molar-refractivity contribution >= 4 is 22.8 Å². The van der Waals surface area contributed by atoms with Crippen molar-refractivity contribution in [2.24, 2.45) is 12.5 Å². The standard InChI is InChI=1S/C32H42N4O5/c1-34-22-25(26-6-2-3-7-27(26)34)20-30(39)36-16-5-4-11-32(31(40)41-23-29(38)28(37)10-17-36)12-18-35(19-13-32)21-24-8-14-33-15-9-24/h2-3,6-9,14-15,22,28-29,37-38H,4-5,10-13,16-21,23H2,1H3/t28-,29+/m0/s1. The van der Waals surface area contributed by atoms with Crippen LogP contribution < -0.4 is 0 Å². The molecule has 5 rings (SSSR count). The fraction of sp³-hybridized carbons (Fsp3) is 0.531. The Morgan fingerprint density at radius 1 is 1.00 bits per heavy atom. The summed E-state index contributed by atoms with van der Waals surface area (Å²) >= 11 is 0. The van der Waals surface area contributed by atoms with Gasteiger partial charge in [-0.25, -0.2) is 0 Å². The maximum absolute atomic E-state index is 13.5. The Kier molecular flexibility index (Phi) is 9.37. The summed E-state index contributed by atoms with van der Waals surface area (Å²) in [4.78, 5) is 35.1. The number of hydrogen-bond acceptors (Lipinski definition) is 7. The highest BCUT2D eigenvalue weighted by Gasteiger charge is 2.42. The minimum atomic E-state index is -1.20. The van der Waals surface area contributed by atoms with Crippen molar-refractivity contribution in [3.63, 3.8) is 0 Å². The number of benzene rings is 1. The summed E-state index contributed by atoms with van der Waals surface area (Å²) in [6.07, 6.45) is 7.40. The molecule has 2 saturated heterocycles. The zero-order valence-corrected chi connectivity index (χ0v) is 24.0. The Bertz CT molecular complexity index is 1320. The molecule has 2 aromatic heterocycles. The lowest BCUT2D eigenvalue weighted by Crippen LogP contribution is -2.45. The van der Waals surface area contributed by atoms with Crippen LogP contribution in [0.4, 0.5) is 0 Å². The number of aliphatic hydroxyl groups is 2. The van der Waals surface area contributed by atoms with E-state index >= 15 is 0 Å². The van der Waals surface area contributed by atoms with Gasteiger partial charge in [-0.15, -0.1) is 0 Å². The summed E-state index contributed by atoms with van der Waals surface area (Å²) < 4.78 is 7.66. The van der Waals surface area contributed by atoms with Crippen molar-refractivity contribution in [1.29, 1.82) is 0 Å². The van der Waals surface area contributed by atoms with Crippen LogP contribution >= 0.6 is 0 Å². The Balaban J connectivity index is 1.25. The number of para-hydroxylation sites is 1. The Morgan fingerprint density at radius 2 is 1.76 bits per heavy atom. The van der Waals surface area contributed by atoms with Crippen LogP contribution in [0.1, 0.15) is 49.7 Å². The van der Waals surface area contributed by atoms with Crippen molar-refractivity contribution < 1.29 is 24.5 Å². The molecular weight excluding hydrogens is 520 g/mol. The number of cyclic esters (lactones) is 1. The quantitative estimate of drug-likeness (QED) is 0.471. The third-order valence-electron chi connectivity index (χ3n) is 8.93. The van der Waals surface area contributed by atoms with E-state index < -0.39 is 17.6 Å². The molecule has 0 aliphatic carbocycles. The lowest BCUT2D eigenvalue weighted by molar-refractivity contribution is -0.165. The Labute approximate surface area is 241 Å². The van der Waals surface area contributed by atoms with Gasteiger partial charge < -0.3 is 24.4 Å². The molecule has 0 unspecified atom stereocenters. The third-order valence-corrected chi connectivity index (χ3v) is 8.93. The molecule has 2 aliphatic heterocycles. The second kappa shape index (κ2) is 13.1. The first-order valence-corrected chi connectivity index (χ1v) is 14.8. The SMILES string of the molecule is Cn1cc(CC(=O)N2CCCCC3(CCN(Cc4ccncc4)CC3)C(=O)OC[C@@H](O)[C@@H](O)CC2)c2ccccc21. The van der Waals surface area contributed by atoms with Gasteiger partial charge in [-0.05, 0) is 74.5 Å². The van der Waals surface area contributed by atoms with Gasteiger partial charge in [-0.2, -0.15) is 0 Å². The first-order chi connectivity index (χ1) is 19.8. The first kappa shape index (κ1) is 29.2. The topological polar surface area (TPSA) is 108 Å². The van der Waals surface area contributed by atoms with Gasteiger partial charge in [0.15, 0.2) is 0 Å². The molecule has 41 heavy (non-hydrogen) atoms. The Hall–Kier alpha value is -3.27. The number of amides is 1. The highest BCUT2D eigenvalue weighted by atomic mass is 16.5. The summed E-state index contributed by atoms with van der Waals surface area (Å²) in [5.74, 6) is -0.278. The predicted octanol–water partition coefficient (Wildman–Crippen LogP) is 3.07. The largest absolute Gasteiger partial charge is 0.462 e. The van der Waals surface area contributed by atoms with Crippen LogP contribution in [-0.2, 0) is 34.3 Å². The highest BCUT2D eigenvalue weighted by molar-refractivity contribution is 5.89. The number of piperidine rings is 1. The molecule has 1 aromatic carbocycles. The van der Waals surface area contributed by atoms with E-state index in [0.29, 0.717) is 32.4 Å². The smallest absolute Gasteiger partial charge is 0.312 e. The van der Waals surface area contributed by atoms with Gasteiger partial charge in [0.1, 0.15) is 12.7 Å². The number of pyridine rings is 1. The van der Waals surface area contributed by atoms with Gasteiger partial charge in [0.05, 0.1) is 17.9 Å². The van der Waals surface area contributed by atoms with E-state index in [2.05, 4.69) is 9.88 Å². The van der Waals surface area contributed by atoms with Gasteiger partial charge in [0, 0.05) is 56.2 Å². The molecule has 2 aliphatic rings. The number of likely N-dealkylation sites (tertiary alicyclic amines) is 1. The minimum Gasteiger partial charge on any atom is -0.462 e. The molecule has 0 saturated carbocycles. The summed E-state index contributed by atoms with van der Waals surface area (Å²) in [6.45, 7) is 3.01. The number of nitrogens with zero attached hydrogens (tertiary/aromatic N) is 4. The molecule has 0 bridgehead atoms. The van der Waals surface area contributed by atoms with Gasteiger partial charge in [0.2, 0.25) is 5.91 Å². The summed E-state index contributed by atoms with van der Waals surface area (Å²) in [5, 5.41) is 22.3. The first-order valence-electron chi connectivity index (χ1n) is 14.8. The van der Waals surface area contributed by atoms with E-state index in [1.165, 1.54) is 5.56 Å². The van der Waals surface area contributed by atoms with E-state index in [1.54, 1.807) is 12.4 Å². The molecule has 4 heterocycles. The Morgan fingerprint density at radius 3 is 2.54 bits per heavy atom. The zero-order chi connectivity index (χ0) is 28.8. The van der Waals surface area contributed by atoms with Crippen LogP contribution in [-0.4, -0.2) is 86.4 Å². The van der Waals surface area contributed by atoms with Crippen LogP contribution in [0.3, 0.4) is 0 Å². The number of ether oxygens (including phenoxy) is 1. The second-order valence-corrected chi connectivity index (χ2v) is 11.7. The van der Waals surface area contributed by atoms with E-state index in [0.717, 1.165) is 48.9 Å². The molecule has 9 heteroatoms. The normalized spacial score (nSPS) is 23.0. The predicted molar refractivity (Wildman–Crippen MR) is 156 cm³/mol. The van der Waals surface area contributed by atoms with Crippen LogP contribution in [0.2, 0.25) is 0 Å². The van der Waals surface area contributed by atoms with Crippen molar-refractivity contribution in [3.8, 4) is 0 Å². The maximum atomic E-state index is 13.5. The minimum absolute atomic E-state index is 0.00405. The monoisotopic (exact) mass is 562 g/mol. The number of aromatic nitrogens is 2. The average molecular weight is 563 g/mol. The molecular formula is C32H42N4O5. The van der Waals surface area contributed by atoms with Crippen molar-refractivity contribution in [3.05, 3.63) is 66.1 Å². The molecule has 2 atom stereocenters. The fourth-order valence-corrected chi connectivity index (χ4v) is 6.32. The fourth-order valence-electron chi connectivity index (χ4n) is 6.32. The highest BCUT2D eigenvalue weighted by Crippen LogP contribution is 2.39. The van der Waals surface area contributed by atoms with Crippen molar-refractivity contribution in [2.75, 3.05) is 32.8 Å². The number of carbonyl (C=O) groups excluding carboxylic acids is 2. The third kappa shape index (κ3) is 6.97. The maximum Gasteiger partial charge on any atom is 0.312 e. The zero-order valence-electron chi connectivity index (χ0n) is 24.0. The number of esters is 1. The van der Waals surface area contributed by atoms with E-state index in [4.69, 9.17) is 4.74 Å². The molecule has 2 N–H and O–H groups in total. The van der Waals surface area contributed by atoms with Crippen LogP contribution in [0, 0.1) is 5.41 Å². The average Bonchev–Trinajstić information content (AvgIpc) is 3.31. The number of carbonyl (C=O) groups is 2. The number of rotatable bonds is 4. The summed E-state index contributed by atoms with van der Waals surface area (Å²) in [6, 6.07) is 12.1. The van der Waals surface area contributed by atoms with Gasteiger partial charge in [-0.3, -0.25) is 19.5 Å². The lowest BCUT2D eigenvalue weighted by atomic mass is 9.74. The molecule has 220 valence electrons. The number of hydrogen-bond donors (Lipinski definition) is 2. The van der Waals surface area contributed by atoms with Gasteiger partial charge in [0.25, 0.3) is 0 Å². The van der Waals surface area contributed by atoms with Crippen molar-refractivity contribution in [2.45, 2.75) is 63.7 Å². The van der Waals surface area contributed by atoms with Crippen LogP contribution in [0.5, 0.6) is 0 Å².